The second-order valence-electron chi connectivity index (χ2n) is 7.25. The van der Waals surface area contributed by atoms with Gasteiger partial charge in [-0.1, -0.05) is 12.5 Å². The third kappa shape index (κ3) is 3.35. The molecule has 0 aliphatic heterocycles. The lowest BCUT2D eigenvalue weighted by Crippen LogP contribution is -2.28. The Morgan fingerprint density at radius 1 is 1.21 bits per heavy atom. The maximum absolute atomic E-state index is 13.2. The van der Waals surface area contributed by atoms with Gasteiger partial charge in [0.15, 0.2) is 0 Å². The van der Waals surface area contributed by atoms with Crippen molar-refractivity contribution in [3.05, 3.63) is 47.4 Å². The summed E-state index contributed by atoms with van der Waals surface area (Å²) in [5.74, 6) is 1.09. The Bertz CT molecular complexity index is 1080. The number of pyridine rings is 1. The molecule has 1 saturated carbocycles. The highest BCUT2D eigenvalue weighted by Crippen LogP contribution is 2.38. The van der Waals surface area contributed by atoms with Crippen molar-refractivity contribution in [2.75, 3.05) is 0 Å². The Labute approximate surface area is 163 Å². The summed E-state index contributed by atoms with van der Waals surface area (Å²) >= 11 is 0. The molecule has 0 unspecified atom stereocenters. The summed E-state index contributed by atoms with van der Waals surface area (Å²) in [6.07, 6.45) is 4.85. The summed E-state index contributed by atoms with van der Waals surface area (Å²) in [5, 5.41) is 8.27. The third-order valence-corrected chi connectivity index (χ3v) is 6.87. The lowest BCUT2D eigenvalue weighted by atomic mass is 9.85. The first-order valence-corrected chi connectivity index (χ1v) is 10.8. The predicted octanol–water partition coefficient (Wildman–Crippen LogP) is 3.38. The van der Waals surface area contributed by atoms with Gasteiger partial charge in [0.1, 0.15) is 4.90 Å². The van der Waals surface area contributed by atoms with E-state index in [1.165, 1.54) is 0 Å². The van der Waals surface area contributed by atoms with Crippen LogP contribution >= 0.6 is 0 Å². The topological polar surface area (TPSA) is 114 Å². The predicted molar refractivity (Wildman–Crippen MR) is 103 cm³/mol. The number of aryl methyl sites for hydroxylation is 2. The minimum Gasteiger partial charge on any atom is -0.420 e. The van der Waals surface area contributed by atoms with Gasteiger partial charge in [0.05, 0.1) is 17.3 Å². The van der Waals surface area contributed by atoms with Gasteiger partial charge >= 0.3 is 0 Å². The number of aromatic nitrogens is 4. The van der Waals surface area contributed by atoms with Crippen molar-refractivity contribution >= 4 is 10.0 Å². The molecule has 4 rings (SSSR count). The smallest absolute Gasteiger partial charge is 0.250 e. The first-order valence-electron chi connectivity index (χ1n) is 9.33. The van der Waals surface area contributed by atoms with Gasteiger partial charge in [-0.15, -0.1) is 10.2 Å². The first-order chi connectivity index (χ1) is 13.4. The van der Waals surface area contributed by atoms with Crippen molar-refractivity contribution in [3.63, 3.8) is 0 Å². The molecule has 2 N–H and O–H groups in total. The molecular weight excluding hydrogens is 378 g/mol. The fourth-order valence-corrected chi connectivity index (χ4v) is 5.16. The second kappa shape index (κ2) is 7.14. The van der Waals surface area contributed by atoms with Crippen molar-refractivity contribution in [2.24, 2.45) is 0 Å². The summed E-state index contributed by atoms with van der Waals surface area (Å²) in [7, 11) is -3.85. The molecule has 1 aliphatic carbocycles. The number of hydrogen-bond acceptors (Lipinski definition) is 6. The fourth-order valence-electron chi connectivity index (χ4n) is 3.49. The number of aromatic amines is 1. The minimum atomic E-state index is -3.85. The molecule has 1 aliphatic rings. The average molecular weight is 401 g/mol. The monoisotopic (exact) mass is 401 g/mol. The van der Waals surface area contributed by atoms with Gasteiger partial charge in [-0.25, -0.2) is 13.1 Å². The SMILES string of the molecule is Cc1[nH]c(C)c(S(=O)(=O)N[C@H](C)c2ccccn2)c1-c1nnc(C2CCC2)o1. The molecule has 3 aromatic rings. The van der Waals surface area contributed by atoms with E-state index in [0.29, 0.717) is 28.5 Å². The zero-order valence-corrected chi connectivity index (χ0v) is 16.9. The molecule has 9 heteroatoms. The molecule has 3 heterocycles. The minimum absolute atomic E-state index is 0.136. The van der Waals surface area contributed by atoms with Gasteiger partial charge in [0.2, 0.25) is 15.9 Å². The van der Waals surface area contributed by atoms with E-state index in [1.54, 1.807) is 39.1 Å². The Hall–Kier alpha value is -2.52. The Balaban J connectivity index is 1.70. The Morgan fingerprint density at radius 3 is 2.64 bits per heavy atom. The highest BCUT2D eigenvalue weighted by Gasteiger charge is 2.32. The fraction of sp³-hybridized carbons (Fsp3) is 0.421. The summed E-state index contributed by atoms with van der Waals surface area (Å²) in [4.78, 5) is 7.46. The Morgan fingerprint density at radius 2 is 2.00 bits per heavy atom. The number of nitrogens with one attached hydrogen (secondary N) is 2. The van der Waals surface area contributed by atoms with Crippen LogP contribution in [0.2, 0.25) is 0 Å². The van der Waals surface area contributed by atoms with Crippen LogP contribution in [0.1, 0.15) is 61.1 Å². The lowest BCUT2D eigenvalue weighted by molar-refractivity contribution is 0.338. The zero-order valence-electron chi connectivity index (χ0n) is 16.1. The molecule has 0 radical (unpaired) electrons. The van der Waals surface area contributed by atoms with Gasteiger partial charge in [0, 0.05) is 23.5 Å². The van der Waals surface area contributed by atoms with Crippen molar-refractivity contribution in [2.45, 2.75) is 56.9 Å². The molecule has 3 aromatic heterocycles. The summed E-state index contributed by atoms with van der Waals surface area (Å²) < 4.78 is 35.0. The number of H-pyrrole nitrogens is 1. The number of hydrogen-bond donors (Lipinski definition) is 2. The largest absolute Gasteiger partial charge is 0.420 e. The molecular formula is C19H23N5O3S. The van der Waals surface area contributed by atoms with E-state index in [2.05, 4.69) is 24.9 Å². The number of sulfonamides is 1. The van der Waals surface area contributed by atoms with Crippen LogP contribution in [0.5, 0.6) is 0 Å². The van der Waals surface area contributed by atoms with Crippen molar-refractivity contribution in [1.29, 1.82) is 0 Å². The van der Waals surface area contributed by atoms with Gasteiger partial charge in [-0.3, -0.25) is 4.98 Å². The van der Waals surface area contributed by atoms with Crippen LogP contribution in [0.25, 0.3) is 11.5 Å². The summed E-state index contributed by atoms with van der Waals surface area (Å²) in [5.41, 5.74) is 2.27. The van der Waals surface area contributed by atoms with Crippen LogP contribution in [-0.4, -0.2) is 28.6 Å². The van der Waals surface area contributed by atoms with Gasteiger partial charge in [-0.2, -0.15) is 0 Å². The average Bonchev–Trinajstić information content (AvgIpc) is 3.18. The number of nitrogens with zero attached hydrogens (tertiary/aromatic N) is 3. The first kappa shape index (κ1) is 18.8. The van der Waals surface area contributed by atoms with E-state index in [4.69, 9.17) is 4.42 Å². The van der Waals surface area contributed by atoms with Crippen molar-refractivity contribution < 1.29 is 12.8 Å². The van der Waals surface area contributed by atoms with Gasteiger partial charge in [-0.05, 0) is 45.7 Å². The van der Waals surface area contributed by atoms with E-state index >= 15 is 0 Å². The maximum atomic E-state index is 13.2. The van der Waals surface area contributed by atoms with E-state index < -0.39 is 16.1 Å². The quantitative estimate of drug-likeness (QED) is 0.654. The molecule has 8 nitrogen and oxygen atoms in total. The third-order valence-electron chi connectivity index (χ3n) is 5.16. The van der Waals surface area contributed by atoms with E-state index in [9.17, 15) is 8.42 Å². The van der Waals surface area contributed by atoms with Crippen molar-refractivity contribution in [3.8, 4) is 11.5 Å². The zero-order chi connectivity index (χ0) is 19.9. The normalized spacial score (nSPS) is 16.1. The number of rotatable bonds is 6. The highest BCUT2D eigenvalue weighted by atomic mass is 32.2. The van der Waals surface area contributed by atoms with Crippen LogP contribution in [0, 0.1) is 13.8 Å². The Kier molecular flexibility index (Phi) is 4.80. The molecule has 28 heavy (non-hydrogen) atoms. The molecule has 0 saturated heterocycles. The van der Waals surface area contributed by atoms with Crippen LogP contribution in [0.3, 0.4) is 0 Å². The van der Waals surface area contributed by atoms with Crippen molar-refractivity contribution in [1.82, 2.24) is 24.9 Å². The second-order valence-corrected chi connectivity index (χ2v) is 8.90. The molecule has 1 atom stereocenters. The summed E-state index contributed by atoms with van der Waals surface area (Å²) in [6, 6.07) is 4.91. The van der Waals surface area contributed by atoms with Crippen LogP contribution in [-0.2, 0) is 10.0 Å². The molecule has 0 spiro atoms. The van der Waals surface area contributed by atoms with E-state index in [-0.39, 0.29) is 16.7 Å². The molecule has 1 fully saturated rings. The molecule has 0 bridgehead atoms. The van der Waals surface area contributed by atoms with Crippen LogP contribution in [0.4, 0.5) is 0 Å². The van der Waals surface area contributed by atoms with Crippen LogP contribution in [0.15, 0.2) is 33.7 Å². The summed E-state index contributed by atoms with van der Waals surface area (Å²) in [6.45, 7) is 5.28. The lowest BCUT2D eigenvalue weighted by Gasteiger charge is -2.20. The van der Waals surface area contributed by atoms with E-state index in [0.717, 1.165) is 19.3 Å². The molecule has 0 amide bonds. The maximum Gasteiger partial charge on any atom is 0.250 e. The van der Waals surface area contributed by atoms with Gasteiger partial charge in [0.25, 0.3) is 5.89 Å². The highest BCUT2D eigenvalue weighted by molar-refractivity contribution is 7.89. The molecule has 0 aromatic carbocycles. The molecule has 148 valence electrons. The van der Waals surface area contributed by atoms with Crippen LogP contribution < -0.4 is 4.72 Å². The van der Waals surface area contributed by atoms with Gasteiger partial charge < -0.3 is 9.40 Å². The van der Waals surface area contributed by atoms with E-state index in [1.807, 2.05) is 6.07 Å². The standard InChI is InChI=1S/C19H23N5O3S/c1-11(15-9-4-5-10-20-15)24-28(25,26)17-13(3)21-12(2)16(17)19-23-22-18(27-19)14-7-6-8-14/h4-5,9-11,14,21,24H,6-8H2,1-3H3/t11-/m1/s1.